The van der Waals surface area contributed by atoms with Gasteiger partial charge in [0.2, 0.25) is 5.95 Å². The Morgan fingerprint density at radius 3 is 3.14 bits per heavy atom. The predicted octanol–water partition coefficient (Wildman–Crippen LogP) is -0.353. The molecule has 2 aromatic heterocycles. The van der Waals surface area contributed by atoms with Gasteiger partial charge in [0.1, 0.15) is 6.10 Å². The van der Waals surface area contributed by atoms with Crippen LogP contribution in [0.5, 0.6) is 0 Å². The Balaban J connectivity index is 2.08. The number of thiazole rings is 1. The number of nitrogen functional groups attached to an aromatic ring is 1. The number of nitrogens with zero attached hydrogens (tertiary/aromatic N) is 3. The Bertz CT molecular complexity index is 772. The van der Waals surface area contributed by atoms with E-state index in [0.717, 1.165) is 11.3 Å². The standard InChI is InChI=1S/C12H14N4O5S/c1-5(18)20-7-2-6(4-17)21-10(7)16-9-8(22-12(16)19)3-14-11(13)15-9/h3,6-7,10,17H,2,4H2,1H3,(H2,13,14,15)/t6?,7-,10-/m1/s1. The van der Waals surface area contributed by atoms with Crippen molar-refractivity contribution in [3.63, 3.8) is 0 Å². The molecule has 10 heteroatoms. The van der Waals surface area contributed by atoms with Crippen LogP contribution in [0.2, 0.25) is 0 Å². The number of hydrogen-bond acceptors (Lipinski definition) is 9. The number of aliphatic hydroxyl groups is 1. The lowest BCUT2D eigenvalue weighted by molar-refractivity contribution is -0.152. The van der Waals surface area contributed by atoms with E-state index >= 15 is 0 Å². The van der Waals surface area contributed by atoms with Gasteiger partial charge in [0.15, 0.2) is 11.9 Å². The molecule has 0 amide bonds. The third kappa shape index (κ3) is 2.56. The Kier molecular flexibility index (Phi) is 3.81. The lowest BCUT2D eigenvalue weighted by Crippen LogP contribution is -2.30. The maximum atomic E-state index is 12.3. The first-order valence-corrected chi connectivity index (χ1v) is 7.38. The first-order chi connectivity index (χ1) is 10.5. The van der Waals surface area contributed by atoms with Crippen molar-refractivity contribution in [2.75, 3.05) is 12.3 Å². The molecule has 0 spiro atoms. The molecule has 0 bridgehead atoms. The first-order valence-electron chi connectivity index (χ1n) is 6.56. The van der Waals surface area contributed by atoms with Crippen LogP contribution in [-0.2, 0) is 14.3 Å². The van der Waals surface area contributed by atoms with Crippen LogP contribution >= 0.6 is 11.3 Å². The number of rotatable bonds is 3. The summed E-state index contributed by atoms with van der Waals surface area (Å²) in [5, 5.41) is 9.26. The number of carbonyl (C=O) groups excluding carboxylic acids is 1. The number of anilines is 1. The number of fused-ring (bicyclic) bond motifs is 1. The number of aromatic nitrogens is 3. The smallest absolute Gasteiger partial charge is 0.311 e. The number of ether oxygens (including phenoxy) is 2. The van der Waals surface area contributed by atoms with Gasteiger partial charge in [-0.15, -0.1) is 0 Å². The summed E-state index contributed by atoms with van der Waals surface area (Å²) < 4.78 is 12.7. The molecule has 0 aromatic carbocycles. The summed E-state index contributed by atoms with van der Waals surface area (Å²) in [5.41, 5.74) is 5.89. The Labute approximate surface area is 128 Å². The molecule has 3 heterocycles. The van der Waals surface area contributed by atoms with Crippen molar-refractivity contribution in [2.45, 2.75) is 31.8 Å². The minimum absolute atomic E-state index is 0.0276. The second-order valence-corrected chi connectivity index (χ2v) is 5.86. The van der Waals surface area contributed by atoms with Crippen LogP contribution in [0, 0.1) is 0 Å². The van der Waals surface area contributed by atoms with Crippen molar-refractivity contribution in [3.05, 3.63) is 15.9 Å². The zero-order valence-corrected chi connectivity index (χ0v) is 12.4. The van der Waals surface area contributed by atoms with E-state index in [1.54, 1.807) is 0 Å². The quantitative estimate of drug-likeness (QED) is 0.732. The number of esters is 1. The van der Waals surface area contributed by atoms with Crippen molar-refractivity contribution < 1.29 is 19.4 Å². The predicted molar refractivity (Wildman–Crippen MR) is 77.3 cm³/mol. The van der Waals surface area contributed by atoms with E-state index in [2.05, 4.69) is 9.97 Å². The number of aliphatic hydroxyl groups excluding tert-OH is 1. The molecule has 2 aromatic rings. The van der Waals surface area contributed by atoms with E-state index in [0.29, 0.717) is 16.8 Å². The summed E-state index contributed by atoms with van der Waals surface area (Å²) in [7, 11) is 0. The van der Waals surface area contributed by atoms with Crippen LogP contribution in [0.1, 0.15) is 19.6 Å². The SMILES string of the molecule is CC(=O)O[C@@H]1CC(CO)O[C@H]1n1c(=O)sc2cnc(N)nc21. The van der Waals surface area contributed by atoms with Crippen molar-refractivity contribution in [1.29, 1.82) is 0 Å². The summed E-state index contributed by atoms with van der Waals surface area (Å²) in [4.78, 5) is 31.1. The topological polar surface area (TPSA) is 130 Å². The van der Waals surface area contributed by atoms with Gasteiger partial charge < -0.3 is 20.3 Å². The largest absolute Gasteiger partial charge is 0.458 e. The molecule has 3 rings (SSSR count). The molecule has 3 atom stereocenters. The van der Waals surface area contributed by atoms with Gasteiger partial charge >= 0.3 is 10.8 Å². The Morgan fingerprint density at radius 1 is 1.68 bits per heavy atom. The monoisotopic (exact) mass is 326 g/mol. The van der Waals surface area contributed by atoms with Gasteiger partial charge in [-0.05, 0) is 0 Å². The summed E-state index contributed by atoms with van der Waals surface area (Å²) in [5.74, 6) is -0.460. The van der Waals surface area contributed by atoms with Crippen molar-refractivity contribution in [1.82, 2.24) is 14.5 Å². The average molecular weight is 326 g/mol. The summed E-state index contributed by atoms with van der Waals surface area (Å²) in [6, 6.07) is 0. The molecule has 1 fully saturated rings. The lowest BCUT2D eigenvalue weighted by atomic mass is 10.2. The van der Waals surface area contributed by atoms with Crippen LogP contribution in [-0.4, -0.2) is 44.4 Å². The molecule has 0 saturated carbocycles. The zero-order valence-electron chi connectivity index (χ0n) is 11.6. The molecule has 1 saturated heterocycles. The normalized spacial score (nSPS) is 24.7. The maximum absolute atomic E-state index is 12.3. The molecular formula is C12H14N4O5S. The first kappa shape index (κ1) is 14.9. The van der Waals surface area contributed by atoms with Crippen molar-refractivity contribution >= 4 is 33.6 Å². The van der Waals surface area contributed by atoms with Crippen LogP contribution < -0.4 is 10.6 Å². The zero-order chi connectivity index (χ0) is 15.9. The van der Waals surface area contributed by atoms with Crippen LogP contribution in [0.25, 0.3) is 10.3 Å². The third-order valence-electron chi connectivity index (χ3n) is 3.30. The highest BCUT2D eigenvalue weighted by atomic mass is 32.1. The van der Waals surface area contributed by atoms with Gasteiger partial charge in [-0.2, -0.15) is 4.98 Å². The van der Waals surface area contributed by atoms with Crippen molar-refractivity contribution in [3.8, 4) is 0 Å². The molecule has 0 radical (unpaired) electrons. The van der Waals surface area contributed by atoms with Gasteiger partial charge in [0.25, 0.3) is 0 Å². The molecule has 1 unspecified atom stereocenters. The highest BCUT2D eigenvalue weighted by Gasteiger charge is 2.40. The highest BCUT2D eigenvalue weighted by molar-refractivity contribution is 7.16. The van der Waals surface area contributed by atoms with Gasteiger partial charge in [-0.3, -0.25) is 14.2 Å². The number of carbonyl (C=O) groups is 1. The molecule has 9 nitrogen and oxygen atoms in total. The molecule has 0 aliphatic carbocycles. The highest BCUT2D eigenvalue weighted by Crippen LogP contribution is 2.33. The van der Waals surface area contributed by atoms with Gasteiger partial charge in [0.05, 0.1) is 23.6 Å². The van der Waals surface area contributed by atoms with E-state index in [4.69, 9.17) is 15.2 Å². The van der Waals surface area contributed by atoms with Crippen LogP contribution in [0.15, 0.2) is 11.0 Å². The Hall–Kier alpha value is -2.04. The second-order valence-electron chi connectivity index (χ2n) is 4.87. The maximum Gasteiger partial charge on any atom is 0.311 e. The fraction of sp³-hybridized carbons (Fsp3) is 0.500. The van der Waals surface area contributed by atoms with E-state index in [1.165, 1.54) is 17.7 Å². The van der Waals surface area contributed by atoms with Crippen LogP contribution in [0.4, 0.5) is 5.95 Å². The molecule has 118 valence electrons. The average Bonchev–Trinajstić information content (AvgIpc) is 2.98. The number of nitrogens with two attached hydrogens (primary N) is 1. The van der Waals surface area contributed by atoms with E-state index in [1.807, 2.05) is 0 Å². The van der Waals surface area contributed by atoms with E-state index in [-0.39, 0.29) is 17.4 Å². The lowest BCUT2D eigenvalue weighted by Gasteiger charge is -2.19. The molecular weight excluding hydrogens is 312 g/mol. The second kappa shape index (κ2) is 5.63. The fourth-order valence-corrected chi connectivity index (χ4v) is 3.27. The summed E-state index contributed by atoms with van der Waals surface area (Å²) in [6.45, 7) is 1.04. The molecule has 1 aliphatic heterocycles. The summed E-state index contributed by atoms with van der Waals surface area (Å²) in [6.07, 6.45) is -0.293. The van der Waals surface area contributed by atoms with Gasteiger partial charge in [-0.25, -0.2) is 4.98 Å². The third-order valence-corrected chi connectivity index (χ3v) is 4.18. The minimum Gasteiger partial charge on any atom is -0.458 e. The minimum atomic E-state index is -0.850. The molecule has 3 N–H and O–H groups in total. The van der Waals surface area contributed by atoms with Gasteiger partial charge in [-0.1, -0.05) is 11.3 Å². The van der Waals surface area contributed by atoms with E-state index < -0.39 is 24.4 Å². The summed E-state index contributed by atoms with van der Waals surface area (Å²) >= 11 is 0.948. The van der Waals surface area contributed by atoms with E-state index in [9.17, 15) is 14.7 Å². The Morgan fingerprint density at radius 2 is 2.45 bits per heavy atom. The van der Waals surface area contributed by atoms with Crippen LogP contribution in [0.3, 0.4) is 0 Å². The fourth-order valence-electron chi connectivity index (χ4n) is 2.45. The van der Waals surface area contributed by atoms with Crippen molar-refractivity contribution in [2.24, 2.45) is 0 Å². The number of hydrogen-bond donors (Lipinski definition) is 2. The van der Waals surface area contributed by atoms with Gasteiger partial charge in [0, 0.05) is 13.3 Å². The molecule has 1 aliphatic rings. The molecule has 22 heavy (non-hydrogen) atoms.